The van der Waals surface area contributed by atoms with E-state index in [1.54, 1.807) is 12.1 Å². The van der Waals surface area contributed by atoms with Crippen LogP contribution < -0.4 is 5.32 Å². The smallest absolute Gasteiger partial charge is 0.330 e. The summed E-state index contributed by atoms with van der Waals surface area (Å²) < 4.78 is 4.69. The number of aliphatic hydroxyl groups is 1. The first kappa shape index (κ1) is 18.7. The molecule has 134 valence electrons. The SMILES string of the molecule is C=CC(=O)OCCC(=O)N/C=C/C=C(/O)C(=C)n1nc2ccccc2n1. The second-order valence-electron chi connectivity index (χ2n) is 5.03. The Labute approximate surface area is 149 Å². The van der Waals surface area contributed by atoms with Gasteiger partial charge in [0.1, 0.15) is 29.1 Å². The second-order valence-corrected chi connectivity index (χ2v) is 5.03. The van der Waals surface area contributed by atoms with Crippen molar-refractivity contribution in [2.24, 2.45) is 0 Å². The highest BCUT2D eigenvalue weighted by Crippen LogP contribution is 2.13. The Bertz CT molecular complexity index is 862. The van der Waals surface area contributed by atoms with E-state index in [1.807, 2.05) is 12.1 Å². The fourth-order valence-corrected chi connectivity index (χ4v) is 1.83. The van der Waals surface area contributed by atoms with Gasteiger partial charge in [-0.15, -0.1) is 15.0 Å². The van der Waals surface area contributed by atoms with E-state index in [4.69, 9.17) is 0 Å². The number of carbonyl (C=O) groups excluding carboxylic acids is 2. The minimum Gasteiger partial charge on any atom is -0.506 e. The third-order valence-electron chi connectivity index (χ3n) is 3.16. The molecule has 0 aliphatic carbocycles. The molecule has 0 saturated carbocycles. The molecule has 0 bridgehead atoms. The zero-order valence-corrected chi connectivity index (χ0v) is 14.0. The number of hydrogen-bond acceptors (Lipinski definition) is 6. The topological polar surface area (TPSA) is 106 Å². The summed E-state index contributed by atoms with van der Waals surface area (Å²) in [7, 11) is 0. The molecule has 0 unspecified atom stereocenters. The van der Waals surface area contributed by atoms with Crippen molar-refractivity contribution in [1.29, 1.82) is 0 Å². The molecule has 8 heteroatoms. The van der Waals surface area contributed by atoms with Crippen LogP contribution in [0.25, 0.3) is 16.7 Å². The number of carbonyl (C=O) groups is 2. The molecule has 0 spiro atoms. The molecule has 26 heavy (non-hydrogen) atoms. The van der Waals surface area contributed by atoms with E-state index < -0.39 is 5.97 Å². The van der Waals surface area contributed by atoms with E-state index in [9.17, 15) is 14.7 Å². The van der Waals surface area contributed by atoms with Crippen LogP contribution in [-0.4, -0.2) is 38.6 Å². The fourth-order valence-electron chi connectivity index (χ4n) is 1.83. The van der Waals surface area contributed by atoms with Crippen molar-refractivity contribution in [3.63, 3.8) is 0 Å². The van der Waals surface area contributed by atoms with E-state index in [-0.39, 0.29) is 30.4 Å². The first-order chi connectivity index (χ1) is 12.5. The van der Waals surface area contributed by atoms with Gasteiger partial charge in [0, 0.05) is 12.3 Å². The number of aromatic nitrogens is 3. The van der Waals surface area contributed by atoms with Crippen LogP contribution >= 0.6 is 0 Å². The number of benzene rings is 1. The standard InChI is InChI=1S/C18H18N4O4/c1-3-18(25)26-12-10-17(24)19-11-6-9-16(23)13(2)22-20-14-7-4-5-8-15(14)21-22/h3-9,11,23H,1-2,10,12H2,(H,19,24)/b11-6+,16-9+. The molecule has 0 radical (unpaired) electrons. The zero-order chi connectivity index (χ0) is 18.9. The lowest BCUT2D eigenvalue weighted by Crippen LogP contribution is -2.19. The molecule has 0 atom stereocenters. The molecular weight excluding hydrogens is 336 g/mol. The highest BCUT2D eigenvalue weighted by molar-refractivity contribution is 5.82. The summed E-state index contributed by atoms with van der Waals surface area (Å²) >= 11 is 0. The number of nitrogens with zero attached hydrogens (tertiary/aromatic N) is 3. The van der Waals surface area contributed by atoms with Crippen LogP contribution in [0, 0.1) is 0 Å². The summed E-state index contributed by atoms with van der Waals surface area (Å²) in [6.07, 6.45) is 5.14. The lowest BCUT2D eigenvalue weighted by atomic mass is 10.3. The minimum atomic E-state index is -0.584. The van der Waals surface area contributed by atoms with Crippen molar-refractivity contribution in [2.75, 3.05) is 6.61 Å². The van der Waals surface area contributed by atoms with Crippen LogP contribution in [0.2, 0.25) is 0 Å². The molecule has 2 N–H and O–H groups in total. The molecule has 1 heterocycles. The lowest BCUT2D eigenvalue weighted by Gasteiger charge is -2.02. The van der Waals surface area contributed by atoms with Crippen molar-refractivity contribution >= 4 is 28.6 Å². The van der Waals surface area contributed by atoms with Crippen molar-refractivity contribution in [1.82, 2.24) is 20.3 Å². The van der Waals surface area contributed by atoms with Gasteiger partial charge in [-0.25, -0.2) is 4.79 Å². The van der Waals surface area contributed by atoms with Crippen LogP contribution in [0.15, 0.2) is 67.6 Å². The first-order valence-electron chi connectivity index (χ1n) is 7.67. The molecule has 2 rings (SSSR count). The number of fused-ring (bicyclic) bond motifs is 1. The maximum atomic E-state index is 11.5. The van der Waals surface area contributed by atoms with E-state index in [1.165, 1.54) is 23.1 Å². The normalized spacial score (nSPS) is 11.5. The summed E-state index contributed by atoms with van der Waals surface area (Å²) in [5, 5.41) is 20.9. The number of amides is 1. The van der Waals surface area contributed by atoms with Crippen molar-refractivity contribution in [3.8, 4) is 0 Å². The van der Waals surface area contributed by atoms with Crippen LogP contribution in [0.5, 0.6) is 0 Å². The quantitative estimate of drug-likeness (QED) is 0.325. The summed E-state index contributed by atoms with van der Waals surface area (Å²) in [6.45, 7) is 6.95. The van der Waals surface area contributed by atoms with Gasteiger partial charge in [0.15, 0.2) is 0 Å². The third kappa shape index (κ3) is 5.17. The maximum absolute atomic E-state index is 11.5. The van der Waals surface area contributed by atoms with Gasteiger partial charge in [-0.05, 0) is 24.3 Å². The summed E-state index contributed by atoms with van der Waals surface area (Å²) in [5.74, 6) is -1.08. The molecular formula is C18H18N4O4. The molecule has 8 nitrogen and oxygen atoms in total. The Balaban J connectivity index is 1.85. The van der Waals surface area contributed by atoms with Crippen molar-refractivity contribution < 1.29 is 19.4 Å². The Morgan fingerprint density at radius 3 is 2.54 bits per heavy atom. The Morgan fingerprint density at radius 2 is 1.92 bits per heavy atom. The van der Waals surface area contributed by atoms with Crippen LogP contribution in [0.1, 0.15) is 6.42 Å². The first-order valence-corrected chi connectivity index (χ1v) is 7.67. The van der Waals surface area contributed by atoms with Gasteiger partial charge in [0.05, 0.1) is 6.42 Å². The van der Waals surface area contributed by atoms with Gasteiger partial charge in [-0.1, -0.05) is 25.3 Å². The number of hydrogen-bond donors (Lipinski definition) is 2. The fraction of sp³-hybridized carbons (Fsp3) is 0.111. The summed E-state index contributed by atoms with van der Waals surface area (Å²) in [6, 6.07) is 7.27. The Kier molecular flexibility index (Phi) is 6.44. The molecule has 2 aromatic rings. The van der Waals surface area contributed by atoms with Gasteiger partial charge >= 0.3 is 5.97 Å². The van der Waals surface area contributed by atoms with Gasteiger partial charge in [0.2, 0.25) is 5.91 Å². The zero-order valence-electron chi connectivity index (χ0n) is 14.0. The lowest BCUT2D eigenvalue weighted by molar-refractivity contribution is -0.138. The number of nitrogens with one attached hydrogen (secondary N) is 1. The van der Waals surface area contributed by atoms with Crippen molar-refractivity contribution in [3.05, 3.63) is 67.6 Å². The van der Waals surface area contributed by atoms with Gasteiger partial charge < -0.3 is 15.2 Å². The molecule has 1 aromatic carbocycles. The van der Waals surface area contributed by atoms with Crippen LogP contribution in [-0.2, 0) is 14.3 Å². The monoisotopic (exact) mass is 354 g/mol. The highest BCUT2D eigenvalue weighted by Gasteiger charge is 2.07. The number of esters is 1. The second kappa shape index (κ2) is 8.97. The average molecular weight is 354 g/mol. The third-order valence-corrected chi connectivity index (χ3v) is 3.16. The highest BCUT2D eigenvalue weighted by atomic mass is 16.5. The predicted molar refractivity (Wildman–Crippen MR) is 96.6 cm³/mol. The molecule has 0 fully saturated rings. The molecule has 1 amide bonds. The van der Waals surface area contributed by atoms with E-state index in [0.717, 1.165) is 6.08 Å². The number of allylic oxidation sites excluding steroid dienone is 3. The molecule has 0 saturated heterocycles. The number of rotatable bonds is 8. The van der Waals surface area contributed by atoms with E-state index in [0.29, 0.717) is 11.0 Å². The molecule has 1 aromatic heterocycles. The Morgan fingerprint density at radius 1 is 1.27 bits per heavy atom. The van der Waals surface area contributed by atoms with Crippen LogP contribution in [0.3, 0.4) is 0 Å². The minimum absolute atomic E-state index is 0.0100. The maximum Gasteiger partial charge on any atom is 0.330 e. The van der Waals surface area contributed by atoms with Crippen LogP contribution in [0.4, 0.5) is 0 Å². The van der Waals surface area contributed by atoms with Gasteiger partial charge in [-0.3, -0.25) is 4.79 Å². The Hall–Kier alpha value is -3.68. The van der Waals surface area contributed by atoms with E-state index >= 15 is 0 Å². The summed E-state index contributed by atoms with van der Waals surface area (Å²) in [4.78, 5) is 23.6. The predicted octanol–water partition coefficient (Wildman–Crippen LogP) is 2.09. The number of aliphatic hydroxyl groups excluding tert-OH is 1. The van der Waals surface area contributed by atoms with Gasteiger partial charge in [-0.2, -0.15) is 0 Å². The van der Waals surface area contributed by atoms with Crippen molar-refractivity contribution in [2.45, 2.75) is 6.42 Å². The number of ether oxygens (including phenoxy) is 1. The van der Waals surface area contributed by atoms with E-state index in [2.05, 4.69) is 33.4 Å². The largest absolute Gasteiger partial charge is 0.506 e. The molecule has 0 aliphatic heterocycles. The summed E-state index contributed by atoms with van der Waals surface area (Å²) in [5.41, 5.74) is 1.55. The average Bonchev–Trinajstić information content (AvgIpc) is 3.08. The molecule has 0 aliphatic rings. The van der Waals surface area contributed by atoms with Gasteiger partial charge in [0.25, 0.3) is 0 Å².